The molecule has 0 aromatic carbocycles. The molecule has 11 heavy (non-hydrogen) atoms. The van der Waals surface area contributed by atoms with Crippen LogP contribution in [0, 0.1) is 5.92 Å². The van der Waals surface area contributed by atoms with Crippen molar-refractivity contribution in [2.75, 3.05) is 0 Å². The molecule has 2 heteroatoms. The average Bonchev–Trinajstić information content (AvgIpc) is 1.86. The Labute approximate surface area is 75.1 Å². The number of nitrogens with two attached hydrogens (primary N) is 1. The molecular formula is C9H19NS. The zero-order chi connectivity index (χ0) is 8.48. The van der Waals surface area contributed by atoms with Crippen molar-refractivity contribution in [2.24, 2.45) is 11.7 Å². The Bertz CT molecular complexity index is 120. The lowest BCUT2D eigenvalue weighted by Gasteiger charge is -2.35. The van der Waals surface area contributed by atoms with Crippen molar-refractivity contribution in [2.45, 2.75) is 50.3 Å². The molecule has 0 aromatic heterocycles. The zero-order valence-corrected chi connectivity index (χ0v) is 8.40. The van der Waals surface area contributed by atoms with Crippen LogP contribution >= 0.6 is 12.6 Å². The second-order valence-electron chi connectivity index (χ2n) is 4.27. The van der Waals surface area contributed by atoms with Crippen molar-refractivity contribution in [3.8, 4) is 0 Å². The van der Waals surface area contributed by atoms with Gasteiger partial charge in [-0.2, -0.15) is 12.6 Å². The molecule has 1 fully saturated rings. The third kappa shape index (κ3) is 2.68. The third-order valence-electron chi connectivity index (χ3n) is 2.77. The molecule has 1 nitrogen and oxygen atoms in total. The van der Waals surface area contributed by atoms with Gasteiger partial charge in [0.05, 0.1) is 0 Å². The Morgan fingerprint density at radius 1 is 1.18 bits per heavy atom. The molecular weight excluding hydrogens is 154 g/mol. The summed E-state index contributed by atoms with van der Waals surface area (Å²) in [7, 11) is 0. The van der Waals surface area contributed by atoms with Crippen molar-refractivity contribution >= 4 is 12.6 Å². The molecule has 1 aliphatic rings. The van der Waals surface area contributed by atoms with Crippen LogP contribution < -0.4 is 5.73 Å². The molecule has 1 saturated carbocycles. The summed E-state index contributed by atoms with van der Waals surface area (Å²) >= 11 is 4.59. The lowest BCUT2D eigenvalue weighted by Crippen LogP contribution is -2.34. The standard InChI is InChI=1S/C9H19NS/c1-9(2,11)7-3-5-8(10)6-4-7/h7-8,11H,3-6,10H2,1-2H3. The van der Waals surface area contributed by atoms with E-state index in [4.69, 9.17) is 5.73 Å². The van der Waals surface area contributed by atoms with Crippen LogP contribution in [0.15, 0.2) is 0 Å². The second kappa shape index (κ2) is 3.36. The van der Waals surface area contributed by atoms with Gasteiger partial charge < -0.3 is 5.73 Å². The molecule has 66 valence electrons. The van der Waals surface area contributed by atoms with E-state index in [1.54, 1.807) is 0 Å². The molecule has 0 aliphatic heterocycles. The number of hydrogen-bond donors (Lipinski definition) is 2. The molecule has 0 radical (unpaired) electrons. The van der Waals surface area contributed by atoms with Crippen molar-refractivity contribution < 1.29 is 0 Å². The van der Waals surface area contributed by atoms with Gasteiger partial charge in [-0.05, 0) is 31.6 Å². The Balaban J connectivity index is 2.39. The van der Waals surface area contributed by atoms with Gasteiger partial charge in [0.1, 0.15) is 0 Å². The van der Waals surface area contributed by atoms with Crippen LogP contribution in [0.25, 0.3) is 0 Å². The summed E-state index contributed by atoms with van der Waals surface area (Å²) in [4.78, 5) is 0. The van der Waals surface area contributed by atoms with Crippen molar-refractivity contribution in [1.29, 1.82) is 0 Å². The van der Waals surface area contributed by atoms with Gasteiger partial charge in [-0.1, -0.05) is 13.8 Å². The maximum atomic E-state index is 5.82. The predicted molar refractivity (Wildman–Crippen MR) is 53.0 cm³/mol. The molecule has 0 bridgehead atoms. The summed E-state index contributed by atoms with van der Waals surface area (Å²) < 4.78 is 0.195. The molecule has 0 saturated heterocycles. The molecule has 0 heterocycles. The maximum Gasteiger partial charge on any atom is 0.0101 e. The van der Waals surface area contributed by atoms with Crippen LogP contribution in [0.5, 0.6) is 0 Å². The fourth-order valence-electron chi connectivity index (χ4n) is 1.83. The molecule has 0 unspecified atom stereocenters. The van der Waals surface area contributed by atoms with Gasteiger partial charge in [0.15, 0.2) is 0 Å². The lowest BCUT2D eigenvalue weighted by atomic mass is 9.79. The van der Waals surface area contributed by atoms with Crippen molar-refractivity contribution in [3.63, 3.8) is 0 Å². The Morgan fingerprint density at radius 2 is 1.64 bits per heavy atom. The predicted octanol–water partition coefficient (Wildman–Crippen LogP) is 2.21. The Kier molecular flexibility index (Phi) is 2.87. The van der Waals surface area contributed by atoms with Gasteiger partial charge in [-0.15, -0.1) is 0 Å². The summed E-state index contributed by atoms with van der Waals surface area (Å²) in [6.07, 6.45) is 4.90. The van der Waals surface area contributed by atoms with E-state index >= 15 is 0 Å². The number of hydrogen-bond acceptors (Lipinski definition) is 2. The van der Waals surface area contributed by atoms with Crippen LogP contribution in [0.3, 0.4) is 0 Å². The highest BCUT2D eigenvalue weighted by atomic mass is 32.1. The summed E-state index contributed by atoms with van der Waals surface area (Å²) in [5, 5.41) is 0. The second-order valence-corrected chi connectivity index (χ2v) is 5.42. The minimum Gasteiger partial charge on any atom is -0.328 e. The highest BCUT2D eigenvalue weighted by Crippen LogP contribution is 2.35. The van der Waals surface area contributed by atoms with E-state index in [-0.39, 0.29) is 4.75 Å². The first-order valence-corrected chi connectivity index (χ1v) is 4.93. The summed E-state index contributed by atoms with van der Waals surface area (Å²) in [6, 6.07) is 0.460. The fraction of sp³-hybridized carbons (Fsp3) is 1.00. The smallest absolute Gasteiger partial charge is 0.0101 e. The van der Waals surface area contributed by atoms with E-state index in [2.05, 4.69) is 26.5 Å². The van der Waals surface area contributed by atoms with Crippen LogP contribution in [0.2, 0.25) is 0 Å². The maximum absolute atomic E-state index is 5.82. The lowest BCUT2D eigenvalue weighted by molar-refractivity contribution is 0.282. The van der Waals surface area contributed by atoms with E-state index < -0.39 is 0 Å². The van der Waals surface area contributed by atoms with Gasteiger partial charge >= 0.3 is 0 Å². The van der Waals surface area contributed by atoms with Crippen molar-refractivity contribution in [3.05, 3.63) is 0 Å². The molecule has 1 rings (SSSR count). The van der Waals surface area contributed by atoms with Crippen LogP contribution in [0.1, 0.15) is 39.5 Å². The van der Waals surface area contributed by atoms with E-state index in [0.29, 0.717) is 6.04 Å². The van der Waals surface area contributed by atoms with E-state index in [9.17, 15) is 0 Å². The monoisotopic (exact) mass is 173 g/mol. The van der Waals surface area contributed by atoms with Gasteiger partial charge in [0.2, 0.25) is 0 Å². The summed E-state index contributed by atoms with van der Waals surface area (Å²) in [5.74, 6) is 0.769. The summed E-state index contributed by atoms with van der Waals surface area (Å²) in [6.45, 7) is 4.41. The highest BCUT2D eigenvalue weighted by molar-refractivity contribution is 7.81. The third-order valence-corrected chi connectivity index (χ3v) is 3.14. The van der Waals surface area contributed by atoms with Gasteiger partial charge in [0.25, 0.3) is 0 Å². The Morgan fingerprint density at radius 3 is 2.00 bits per heavy atom. The first kappa shape index (κ1) is 9.40. The zero-order valence-electron chi connectivity index (χ0n) is 7.51. The van der Waals surface area contributed by atoms with Crippen LogP contribution in [0.4, 0.5) is 0 Å². The summed E-state index contributed by atoms with van der Waals surface area (Å²) in [5.41, 5.74) is 5.82. The fourth-order valence-corrected chi connectivity index (χ4v) is 2.08. The Hall–Kier alpha value is 0.310. The van der Waals surface area contributed by atoms with Crippen LogP contribution in [-0.2, 0) is 0 Å². The van der Waals surface area contributed by atoms with Crippen molar-refractivity contribution in [1.82, 2.24) is 0 Å². The van der Waals surface area contributed by atoms with E-state index in [1.807, 2.05) is 0 Å². The minimum absolute atomic E-state index is 0.195. The van der Waals surface area contributed by atoms with E-state index in [1.165, 1.54) is 25.7 Å². The van der Waals surface area contributed by atoms with Gasteiger partial charge in [-0.25, -0.2) is 0 Å². The number of thiol groups is 1. The van der Waals surface area contributed by atoms with Crippen LogP contribution in [-0.4, -0.2) is 10.8 Å². The molecule has 1 aliphatic carbocycles. The molecule has 0 atom stereocenters. The molecule has 0 spiro atoms. The normalized spacial score (nSPS) is 33.8. The quantitative estimate of drug-likeness (QED) is 0.584. The highest BCUT2D eigenvalue weighted by Gasteiger charge is 2.28. The SMILES string of the molecule is CC(C)(S)C1CCC(N)CC1. The molecule has 2 N–H and O–H groups in total. The topological polar surface area (TPSA) is 26.0 Å². The van der Waals surface area contributed by atoms with Gasteiger partial charge in [-0.3, -0.25) is 0 Å². The largest absolute Gasteiger partial charge is 0.328 e. The molecule has 0 amide bonds. The first-order valence-electron chi connectivity index (χ1n) is 4.48. The average molecular weight is 173 g/mol. The number of rotatable bonds is 1. The van der Waals surface area contributed by atoms with E-state index in [0.717, 1.165) is 5.92 Å². The first-order chi connectivity index (χ1) is 5.00. The molecule has 0 aromatic rings. The van der Waals surface area contributed by atoms with Gasteiger partial charge in [0, 0.05) is 10.8 Å². The minimum atomic E-state index is 0.195.